The largest absolute Gasteiger partial charge is 0.352 e. The number of ketones is 1. The van der Waals surface area contributed by atoms with Crippen LogP contribution in [0.4, 0.5) is 0 Å². The highest BCUT2D eigenvalue weighted by atomic mass is 16.2. The van der Waals surface area contributed by atoms with Gasteiger partial charge in [-0.25, -0.2) is 0 Å². The van der Waals surface area contributed by atoms with Crippen molar-refractivity contribution in [2.75, 3.05) is 6.54 Å². The summed E-state index contributed by atoms with van der Waals surface area (Å²) in [5.41, 5.74) is 0. The molecule has 1 saturated heterocycles. The number of nitrogens with zero attached hydrogens (tertiary/aromatic N) is 2. The van der Waals surface area contributed by atoms with Crippen LogP contribution in [0, 0.1) is 23.2 Å². The van der Waals surface area contributed by atoms with Crippen molar-refractivity contribution in [2.24, 2.45) is 11.8 Å². The van der Waals surface area contributed by atoms with Crippen molar-refractivity contribution in [3.63, 3.8) is 0 Å². The average molecular weight is 293 g/mol. The van der Waals surface area contributed by atoms with E-state index in [4.69, 9.17) is 5.26 Å². The SMILES string of the molecule is CC(C)NC(=O)C(C#N)C(=O)C1CCCN1C(=O)C(C)C. The van der Waals surface area contributed by atoms with Crippen LogP contribution >= 0.6 is 0 Å². The third kappa shape index (κ3) is 4.03. The molecule has 1 aliphatic rings. The predicted molar refractivity (Wildman–Crippen MR) is 77.0 cm³/mol. The summed E-state index contributed by atoms with van der Waals surface area (Å²) in [5, 5.41) is 11.7. The van der Waals surface area contributed by atoms with Gasteiger partial charge >= 0.3 is 0 Å². The van der Waals surface area contributed by atoms with Crippen LogP contribution in [0.5, 0.6) is 0 Å². The molecule has 0 radical (unpaired) electrons. The summed E-state index contributed by atoms with van der Waals surface area (Å²) < 4.78 is 0. The van der Waals surface area contributed by atoms with E-state index >= 15 is 0 Å². The van der Waals surface area contributed by atoms with Crippen LogP contribution in [0.2, 0.25) is 0 Å². The maximum Gasteiger partial charge on any atom is 0.245 e. The van der Waals surface area contributed by atoms with Crippen molar-refractivity contribution in [1.82, 2.24) is 10.2 Å². The van der Waals surface area contributed by atoms with Crippen molar-refractivity contribution in [1.29, 1.82) is 5.26 Å². The fourth-order valence-electron chi connectivity index (χ4n) is 2.47. The van der Waals surface area contributed by atoms with E-state index in [1.165, 1.54) is 4.90 Å². The van der Waals surface area contributed by atoms with Crippen molar-refractivity contribution in [2.45, 2.75) is 52.6 Å². The summed E-state index contributed by atoms with van der Waals surface area (Å²) in [4.78, 5) is 38.0. The molecule has 0 aromatic rings. The Hall–Kier alpha value is -1.90. The highest BCUT2D eigenvalue weighted by Gasteiger charge is 2.40. The average Bonchev–Trinajstić information content (AvgIpc) is 2.86. The topological polar surface area (TPSA) is 90.3 Å². The molecule has 0 aromatic heterocycles. The molecule has 2 unspecified atom stereocenters. The maximum atomic E-state index is 12.5. The Balaban J connectivity index is 2.87. The molecule has 6 nitrogen and oxygen atoms in total. The Labute approximate surface area is 125 Å². The van der Waals surface area contributed by atoms with Crippen LogP contribution in [-0.2, 0) is 14.4 Å². The van der Waals surface area contributed by atoms with Gasteiger partial charge in [-0.2, -0.15) is 5.26 Å². The first-order valence-corrected chi connectivity index (χ1v) is 7.33. The van der Waals surface area contributed by atoms with Gasteiger partial charge < -0.3 is 10.2 Å². The van der Waals surface area contributed by atoms with E-state index < -0.39 is 23.7 Å². The number of nitriles is 1. The van der Waals surface area contributed by atoms with Gasteiger partial charge in [-0.15, -0.1) is 0 Å². The highest BCUT2D eigenvalue weighted by Crippen LogP contribution is 2.23. The second-order valence-electron chi connectivity index (χ2n) is 5.97. The number of rotatable bonds is 5. The van der Waals surface area contributed by atoms with Gasteiger partial charge in [-0.1, -0.05) is 13.8 Å². The lowest BCUT2D eigenvalue weighted by molar-refractivity contribution is -0.143. The molecule has 0 aromatic carbocycles. The molecule has 0 spiro atoms. The Morgan fingerprint density at radius 1 is 1.24 bits per heavy atom. The van der Waals surface area contributed by atoms with Crippen molar-refractivity contribution in [3.05, 3.63) is 0 Å². The van der Waals surface area contributed by atoms with E-state index in [2.05, 4.69) is 5.32 Å². The molecular weight excluding hydrogens is 270 g/mol. The summed E-state index contributed by atoms with van der Waals surface area (Å²) in [6.07, 6.45) is 1.24. The fourth-order valence-corrected chi connectivity index (χ4v) is 2.47. The van der Waals surface area contributed by atoms with E-state index in [1.54, 1.807) is 33.8 Å². The number of hydrogen-bond acceptors (Lipinski definition) is 4. The number of carbonyl (C=O) groups is 3. The lowest BCUT2D eigenvalue weighted by atomic mass is 9.96. The lowest BCUT2D eigenvalue weighted by Gasteiger charge is -2.26. The molecule has 0 bridgehead atoms. The number of Topliss-reactive ketones (excluding diaryl/α,β-unsaturated/α-hetero) is 1. The zero-order chi connectivity index (χ0) is 16.2. The summed E-state index contributed by atoms with van der Waals surface area (Å²) >= 11 is 0. The van der Waals surface area contributed by atoms with E-state index in [0.717, 1.165) is 6.42 Å². The summed E-state index contributed by atoms with van der Waals surface area (Å²) in [6, 6.07) is 0.982. The molecule has 1 fully saturated rings. The number of hydrogen-bond donors (Lipinski definition) is 1. The minimum Gasteiger partial charge on any atom is -0.352 e. The van der Waals surface area contributed by atoms with E-state index in [1.807, 2.05) is 0 Å². The van der Waals surface area contributed by atoms with Crippen LogP contribution in [0.3, 0.4) is 0 Å². The third-order valence-electron chi connectivity index (χ3n) is 3.46. The zero-order valence-corrected chi connectivity index (χ0v) is 13.0. The Morgan fingerprint density at radius 3 is 2.33 bits per heavy atom. The standard InChI is InChI=1S/C15H23N3O3/c1-9(2)15(21)18-7-5-6-12(18)13(19)11(8-16)14(20)17-10(3)4/h9-12H,5-7H2,1-4H3,(H,17,20). The molecule has 1 aliphatic heterocycles. The third-order valence-corrected chi connectivity index (χ3v) is 3.46. The molecule has 1 rings (SSSR count). The van der Waals surface area contributed by atoms with Gasteiger partial charge in [0.05, 0.1) is 12.1 Å². The molecule has 0 aliphatic carbocycles. The highest BCUT2D eigenvalue weighted by molar-refractivity contribution is 6.07. The normalized spacial score (nSPS) is 19.5. The van der Waals surface area contributed by atoms with E-state index in [9.17, 15) is 14.4 Å². The van der Waals surface area contributed by atoms with Gasteiger partial charge in [0.1, 0.15) is 0 Å². The summed E-state index contributed by atoms with van der Waals surface area (Å²) in [5.74, 6) is -2.71. The van der Waals surface area contributed by atoms with Crippen LogP contribution in [0.1, 0.15) is 40.5 Å². The molecule has 21 heavy (non-hydrogen) atoms. The molecule has 0 saturated carbocycles. The molecule has 116 valence electrons. The monoisotopic (exact) mass is 293 g/mol. The predicted octanol–water partition coefficient (Wildman–Crippen LogP) is 0.867. The zero-order valence-electron chi connectivity index (χ0n) is 13.0. The molecule has 1 N–H and O–H groups in total. The molecule has 2 amide bonds. The van der Waals surface area contributed by atoms with Crippen LogP contribution in [-0.4, -0.2) is 41.1 Å². The smallest absolute Gasteiger partial charge is 0.245 e. The van der Waals surface area contributed by atoms with Crippen LogP contribution < -0.4 is 5.32 Å². The lowest BCUT2D eigenvalue weighted by Crippen LogP contribution is -2.48. The first kappa shape index (κ1) is 17.2. The quantitative estimate of drug-likeness (QED) is 0.761. The second-order valence-corrected chi connectivity index (χ2v) is 5.97. The van der Waals surface area contributed by atoms with Gasteiger partial charge in [0.2, 0.25) is 11.8 Å². The van der Waals surface area contributed by atoms with Crippen LogP contribution in [0.15, 0.2) is 0 Å². The van der Waals surface area contributed by atoms with Gasteiger partial charge in [0, 0.05) is 18.5 Å². The minimum absolute atomic E-state index is 0.105. The molecule has 1 heterocycles. The fraction of sp³-hybridized carbons (Fsp3) is 0.733. The second kappa shape index (κ2) is 7.21. The summed E-state index contributed by atoms with van der Waals surface area (Å²) in [6.45, 7) is 7.59. The molecule has 6 heteroatoms. The van der Waals surface area contributed by atoms with Crippen molar-refractivity contribution >= 4 is 17.6 Å². The molecular formula is C15H23N3O3. The molecule has 2 atom stereocenters. The van der Waals surface area contributed by atoms with Crippen LogP contribution in [0.25, 0.3) is 0 Å². The Bertz CT molecular complexity index is 465. The summed E-state index contributed by atoms with van der Waals surface area (Å²) in [7, 11) is 0. The van der Waals surface area contributed by atoms with Gasteiger partial charge in [-0.3, -0.25) is 14.4 Å². The first-order valence-electron chi connectivity index (χ1n) is 7.33. The van der Waals surface area contributed by atoms with E-state index in [-0.39, 0.29) is 17.9 Å². The minimum atomic E-state index is -1.35. The van der Waals surface area contributed by atoms with Crippen molar-refractivity contribution in [3.8, 4) is 6.07 Å². The Morgan fingerprint density at radius 2 is 1.86 bits per heavy atom. The maximum absolute atomic E-state index is 12.5. The van der Waals surface area contributed by atoms with Crippen molar-refractivity contribution < 1.29 is 14.4 Å². The number of likely N-dealkylation sites (tertiary alicyclic amines) is 1. The number of carbonyl (C=O) groups excluding carboxylic acids is 3. The van der Waals surface area contributed by atoms with E-state index in [0.29, 0.717) is 13.0 Å². The van der Waals surface area contributed by atoms with Gasteiger partial charge in [0.15, 0.2) is 11.7 Å². The number of amides is 2. The first-order chi connectivity index (χ1) is 9.79. The number of nitrogens with one attached hydrogen (secondary N) is 1. The van der Waals surface area contributed by atoms with Gasteiger partial charge in [0.25, 0.3) is 0 Å². The van der Waals surface area contributed by atoms with Gasteiger partial charge in [-0.05, 0) is 26.7 Å². The Kier molecular flexibility index (Phi) is 5.89.